The number of nitrogens with zero attached hydrogens (tertiary/aromatic N) is 2. The number of likely N-dealkylation sites (tertiary alicyclic amines) is 2. The van der Waals surface area contributed by atoms with Crippen molar-refractivity contribution < 1.29 is 17.9 Å². The van der Waals surface area contributed by atoms with E-state index < -0.39 is 9.84 Å². The standard InChI is InChI=1S/C28H38N2O4S/c1-22(2)20-34-26-7-5-4-6-24(26)19-29-15-12-28(21-29)13-16-30(17-14-28)27(31)18-23-8-10-25(11-9-23)35(3,32)33/h4-11,22H,12-21H2,1-3H3. The molecular formula is C28H38N2O4S. The number of para-hydroxylation sites is 1. The van der Waals surface area contributed by atoms with Crippen LogP contribution >= 0.6 is 0 Å². The van der Waals surface area contributed by atoms with Gasteiger partial charge in [0.15, 0.2) is 9.84 Å². The van der Waals surface area contributed by atoms with Crippen molar-refractivity contribution in [2.75, 3.05) is 39.0 Å². The highest BCUT2D eigenvalue weighted by Gasteiger charge is 2.41. The van der Waals surface area contributed by atoms with E-state index in [0.717, 1.165) is 63.5 Å². The molecule has 190 valence electrons. The molecule has 1 amide bonds. The van der Waals surface area contributed by atoms with Crippen molar-refractivity contribution in [2.24, 2.45) is 11.3 Å². The summed E-state index contributed by atoms with van der Waals surface area (Å²) in [4.78, 5) is 17.7. The van der Waals surface area contributed by atoms with E-state index in [4.69, 9.17) is 4.74 Å². The molecule has 2 fully saturated rings. The fourth-order valence-electron chi connectivity index (χ4n) is 5.21. The number of benzene rings is 2. The van der Waals surface area contributed by atoms with Gasteiger partial charge in [0.05, 0.1) is 17.9 Å². The molecule has 2 aliphatic rings. The number of carbonyl (C=O) groups excluding carboxylic acids is 1. The first-order valence-electron chi connectivity index (χ1n) is 12.6. The van der Waals surface area contributed by atoms with E-state index in [-0.39, 0.29) is 10.8 Å². The highest BCUT2D eigenvalue weighted by molar-refractivity contribution is 7.90. The number of hydrogen-bond acceptors (Lipinski definition) is 5. The van der Waals surface area contributed by atoms with Crippen LogP contribution in [-0.4, -0.2) is 63.2 Å². The van der Waals surface area contributed by atoms with Crippen LogP contribution in [0.2, 0.25) is 0 Å². The Bertz CT molecular complexity index is 1120. The van der Waals surface area contributed by atoms with Gasteiger partial charge in [-0.25, -0.2) is 8.42 Å². The summed E-state index contributed by atoms with van der Waals surface area (Å²) in [7, 11) is -3.22. The van der Waals surface area contributed by atoms with Crippen LogP contribution in [0.1, 0.15) is 44.2 Å². The van der Waals surface area contributed by atoms with Gasteiger partial charge < -0.3 is 9.64 Å². The van der Waals surface area contributed by atoms with Gasteiger partial charge in [-0.1, -0.05) is 44.2 Å². The Labute approximate surface area is 210 Å². The molecule has 0 radical (unpaired) electrons. The van der Waals surface area contributed by atoms with Crippen molar-refractivity contribution in [3.8, 4) is 5.75 Å². The van der Waals surface area contributed by atoms with Crippen molar-refractivity contribution in [1.29, 1.82) is 0 Å². The molecule has 0 aromatic heterocycles. The van der Waals surface area contributed by atoms with Crippen LogP contribution in [0.15, 0.2) is 53.4 Å². The lowest BCUT2D eigenvalue weighted by molar-refractivity contribution is -0.132. The summed E-state index contributed by atoms with van der Waals surface area (Å²) < 4.78 is 29.4. The van der Waals surface area contributed by atoms with Gasteiger partial charge >= 0.3 is 0 Å². The Balaban J connectivity index is 1.28. The molecule has 2 heterocycles. The minimum atomic E-state index is -3.22. The van der Waals surface area contributed by atoms with E-state index in [1.807, 2.05) is 11.0 Å². The van der Waals surface area contributed by atoms with Gasteiger partial charge in [0.1, 0.15) is 5.75 Å². The molecule has 2 aromatic carbocycles. The van der Waals surface area contributed by atoms with Crippen LogP contribution in [0.3, 0.4) is 0 Å². The molecule has 4 rings (SSSR count). The average Bonchev–Trinajstić information content (AvgIpc) is 3.20. The third-order valence-electron chi connectivity index (χ3n) is 7.34. The van der Waals surface area contributed by atoms with Gasteiger partial charge in [0, 0.05) is 38.0 Å². The van der Waals surface area contributed by atoms with Crippen LogP contribution in [0.25, 0.3) is 0 Å². The van der Waals surface area contributed by atoms with E-state index in [9.17, 15) is 13.2 Å². The first-order valence-corrected chi connectivity index (χ1v) is 14.5. The predicted molar refractivity (Wildman–Crippen MR) is 138 cm³/mol. The fraction of sp³-hybridized carbons (Fsp3) is 0.536. The third-order valence-corrected chi connectivity index (χ3v) is 8.47. The minimum absolute atomic E-state index is 0.123. The number of carbonyl (C=O) groups is 1. The van der Waals surface area contributed by atoms with E-state index in [0.29, 0.717) is 17.8 Å². The predicted octanol–water partition coefficient (Wildman–Crippen LogP) is 4.18. The Hall–Kier alpha value is -2.38. The van der Waals surface area contributed by atoms with Crippen molar-refractivity contribution in [3.63, 3.8) is 0 Å². The molecule has 0 unspecified atom stereocenters. The van der Waals surface area contributed by atoms with Gasteiger partial charge in [-0.15, -0.1) is 0 Å². The zero-order valence-corrected chi connectivity index (χ0v) is 22.0. The van der Waals surface area contributed by atoms with E-state index in [1.165, 1.54) is 18.2 Å². The van der Waals surface area contributed by atoms with Crippen LogP contribution in [-0.2, 0) is 27.6 Å². The molecule has 0 aliphatic carbocycles. The smallest absolute Gasteiger partial charge is 0.226 e. The molecule has 7 heteroatoms. The number of piperidine rings is 1. The fourth-order valence-corrected chi connectivity index (χ4v) is 5.85. The van der Waals surface area contributed by atoms with Gasteiger partial charge in [-0.2, -0.15) is 0 Å². The molecular weight excluding hydrogens is 460 g/mol. The Morgan fingerprint density at radius 1 is 1.00 bits per heavy atom. The lowest BCUT2D eigenvalue weighted by atomic mass is 9.77. The maximum absolute atomic E-state index is 12.9. The molecule has 1 spiro atoms. The Morgan fingerprint density at radius 2 is 1.66 bits per heavy atom. The second-order valence-corrected chi connectivity index (χ2v) is 12.8. The quantitative estimate of drug-likeness (QED) is 0.546. The van der Waals surface area contributed by atoms with E-state index in [1.54, 1.807) is 24.3 Å². The van der Waals surface area contributed by atoms with Crippen LogP contribution in [0.4, 0.5) is 0 Å². The van der Waals surface area contributed by atoms with Crippen LogP contribution in [0, 0.1) is 11.3 Å². The highest BCUT2D eigenvalue weighted by atomic mass is 32.2. The van der Waals surface area contributed by atoms with Crippen molar-refractivity contribution in [2.45, 2.75) is 51.0 Å². The molecule has 0 N–H and O–H groups in total. The van der Waals surface area contributed by atoms with Gasteiger partial charge in [0.2, 0.25) is 5.91 Å². The summed E-state index contributed by atoms with van der Waals surface area (Å²) in [5.74, 6) is 1.61. The summed E-state index contributed by atoms with van der Waals surface area (Å²) >= 11 is 0. The SMILES string of the molecule is CC(C)COc1ccccc1CN1CCC2(CCN(C(=O)Cc3ccc(S(C)(=O)=O)cc3)CC2)C1. The summed E-state index contributed by atoms with van der Waals surface area (Å²) in [6.07, 6.45) is 4.76. The van der Waals surface area contributed by atoms with E-state index >= 15 is 0 Å². The lowest BCUT2D eigenvalue weighted by Gasteiger charge is -2.39. The van der Waals surface area contributed by atoms with E-state index in [2.05, 4.69) is 36.9 Å². The van der Waals surface area contributed by atoms with Gasteiger partial charge in [0.25, 0.3) is 0 Å². The van der Waals surface area contributed by atoms with Crippen molar-refractivity contribution >= 4 is 15.7 Å². The summed E-state index contributed by atoms with van der Waals surface area (Å²) in [5.41, 5.74) is 2.40. The lowest BCUT2D eigenvalue weighted by Crippen LogP contribution is -2.44. The molecule has 0 atom stereocenters. The number of sulfone groups is 1. The number of rotatable bonds is 8. The monoisotopic (exact) mass is 498 g/mol. The molecule has 35 heavy (non-hydrogen) atoms. The number of hydrogen-bond donors (Lipinski definition) is 0. The first kappa shape index (κ1) is 25.7. The zero-order valence-electron chi connectivity index (χ0n) is 21.2. The molecule has 0 bridgehead atoms. The van der Waals surface area contributed by atoms with Crippen LogP contribution in [0.5, 0.6) is 5.75 Å². The van der Waals surface area contributed by atoms with Crippen molar-refractivity contribution in [3.05, 3.63) is 59.7 Å². The largest absolute Gasteiger partial charge is 0.493 e. The molecule has 2 saturated heterocycles. The average molecular weight is 499 g/mol. The zero-order chi connectivity index (χ0) is 25.1. The molecule has 6 nitrogen and oxygen atoms in total. The summed E-state index contributed by atoms with van der Waals surface area (Å²) in [6, 6.07) is 15.0. The topological polar surface area (TPSA) is 66.9 Å². The second-order valence-electron chi connectivity index (χ2n) is 10.7. The third kappa shape index (κ3) is 6.64. The molecule has 0 saturated carbocycles. The van der Waals surface area contributed by atoms with Crippen LogP contribution < -0.4 is 4.74 Å². The van der Waals surface area contributed by atoms with Gasteiger partial charge in [-0.05, 0) is 60.9 Å². The normalized spacial score (nSPS) is 18.3. The summed E-state index contributed by atoms with van der Waals surface area (Å²) in [5, 5.41) is 0. The minimum Gasteiger partial charge on any atom is -0.493 e. The number of ether oxygens (including phenoxy) is 1. The van der Waals surface area contributed by atoms with Crippen molar-refractivity contribution in [1.82, 2.24) is 9.80 Å². The maximum Gasteiger partial charge on any atom is 0.226 e. The highest BCUT2D eigenvalue weighted by Crippen LogP contribution is 2.41. The Morgan fingerprint density at radius 3 is 2.31 bits per heavy atom. The second kappa shape index (κ2) is 10.7. The maximum atomic E-state index is 12.9. The first-order chi connectivity index (χ1) is 16.6. The van der Waals surface area contributed by atoms with Gasteiger partial charge in [-0.3, -0.25) is 9.69 Å². The molecule has 2 aliphatic heterocycles. The molecule has 2 aromatic rings. The number of amides is 1. The Kier molecular flexibility index (Phi) is 7.86. The summed E-state index contributed by atoms with van der Waals surface area (Å²) in [6.45, 7) is 9.70.